The van der Waals surface area contributed by atoms with E-state index in [0.717, 1.165) is 11.1 Å². The standard InChI is InChI=1S/C14H14N2OS/c15-13-4-1-11(2-5-13)3-6-14(17)16-9-12-7-8-18-10-12/h1-8,10H,9,15H2,(H,16,17)/b6-3+. The molecule has 1 heterocycles. The molecular formula is C14H14N2OS. The van der Waals surface area contributed by atoms with Crippen LogP contribution in [0.15, 0.2) is 47.2 Å². The predicted molar refractivity (Wildman–Crippen MR) is 76.1 cm³/mol. The molecule has 0 aliphatic rings. The van der Waals surface area contributed by atoms with Gasteiger partial charge in [0.15, 0.2) is 0 Å². The Labute approximate surface area is 110 Å². The van der Waals surface area contributed by atoms with Crippen LogP contribution in [-0.2, 0) is 11.3 Å². The van der Waals surface area contributed by atoms with Crippen molar-refractivity contribution in [1.29, 1.82) is 0 Å². The van der Waals surface area contributed by atoms with E-state index >= 15 is 0 Å². The zero-order valence-electron chi connectivity index (χ0n) is 9.80. The summed E-state index contributed by atoms with van der Waals surface area (Å²) < 4.78 is 0. The summed E-state index contributed by atoms with van der Waals surface area (Å²) in [5, 5.41) is 6.83. The monoisotopic (exact) mass is 258 g/mol. The van der Waals surface area contributed by atoms with Crippen LogP contribution in [0.4, 0.5) is 5.69 Å². The van der Waals surface area contributed by atoms with Gasteiger partial charge >= 0.3 is 0 Å². The SMILES string of the molecule is Nc1ccc(/C=C/C(=O)NCc2ccsc2)cc1. The molecule has 1 aromatic carbocycles. The minimum Gasteiger partial charge on any atom is -0.399 e. The lowest BCUT2D eigenvalue weighted by molar-refractivity contribution is -0.116. The number of anilines is 1. The highest BCUT2D eigenvalue weighted by atomic mass is 32.1. The first kappa shape index (κ1) is 12.4. The van der Waals surface area contributed by atoms with Crippen LogP contribution in [0, 0.1) is 0 Å². The molecular weight excluding hydrogens is 244 g/mol. The Kier molecular flexibility index (Phi) is 4.15. The first-order valence-electron chi connectivity index (χ1n) is 5.56. The minimum atomic E-state index is -0.0991. The Bertz CT molecular complexity index is 529. The predicted octanol–water partition coefficient (Wildman–Crippen LogP) is 2.66. The largest absolute Gasteiger partial charge is 0.399 e. The average molecular weight is 258 g/mol. The molecule has 0 spiro atoms. The van der Waals surface area contributed by atoms with Gasteiger partial charge in [-0.05, 0) is 46.2 Å². The summed E-state index contributed by atoms with van der Waals surface area (Å²) in [5.41, 5.74) is 8.37. The fraction of sp³-hybridized carbons (Fsp3) is 0.0714. The minimum absolute atomic E-state index is 0.0991. The quantitative estimate of drug-likeness (QED) is 0.654. The van der Waals surface area contributed by atoms with Crippen molar-refractivity contribution in [1.82, 2.24) is 5.32 Å². The number of nitrogen functional groups attached to an aromatic ring is 1. The molecule has 92 valence electrons. The summed E-state index contributed by atoms with van der Waals surface area (Å²) in [6, 6.07) is 9.36. The van der Waals surface area contributed by atoms with Crippen LogP contribution in [-0.4, -0.2) is 5.91 Å². The van der Waals surface area contributed by atoms with Crippen LogP contribution in [0.3, 0.4) is 0 Å². The lowest BCUT2D eigenvalue weighted by atomic mass is 10.2. The first-order valence-corrected chi connectivity index (χ1v) is 6.51. The number of nitrogens with two attached hydrogens (primary N) is 1. The number of amides is 1. The van der Waals surface area contributed by atoms with Gasteiger partial charge < -0.3 is 11.1 Å². The number of benzene rings is 1. The van der Waals surface area contributed by atoms with Crippen LogP contribution in [0.5, 0.6) is 0 Å². The van der Waals surface area contributed by atoms with Crippen molar-refractivity contribution in [3.63, 3.8) is 0 Å². The van der Waals surface area contributed by atoms with Gasteiger partial charge in [0.05, 0.1) is 0 Å². The van der Waals surface area contributed by atoms with Crippen molar-refractivity contribution >= 4 is 29.0 Å². The second-order valence-electron chi connectivity index (χ2n) is 3.85. The van der Waals surface area contributed by atoms with Crippen LogP contribution in [0.2, 0.25) is 0 Å². The van der Waals surface area contributed by atoms with Gasteiger partial charge in [-0.15, -0.1) is 0 Å². The summed E-state index contributed by atoms with van der Waals surface area (Å²) in [4.78, 5) is 11.6. The Morgan fingerprint density at radius 2 is 2.06 bits per heavy atom. The molecule has 0 fully saturated rings. The van der Waals surface area contributed by atoms with Gasteiger partial charge in [-0.3, -0.25) is 4.79 Å². The summed E-state index contributed by atoms with van der Waals surface area (Å²) in [7, 11) is 0. The maximum atomic E-state index is 11.6. The highest BCUT2D eigenvalue weighted by Gasteiger charge is 1.96. The summed E-state index contributed by atoms with van der Waals surface area (Å²) in [6.07, 6.45) is 3.29. The van der Waals surface area contributed by atoms with Gasteiger partial charge in [-0.2, -0.15) is 11.3 Å². The van der Waals surface area contributed by atoms with E-state index in [1.807, 2.05) is 41.1 Å². The first-order chi connectivity index (χ1) is 8.74. The molecule has 0 aliphatic heterocycles. The Hall–Kier alpha value is -2.07. The summed E-state index contributed by atoms with van der Waals surface area (Å²) in [5.74, 6) is -0.0991. The lowest BCUT2D eigenvalue weighted by Crippen LogP contribution is -2.19. The van der Waals surface area contributed by atoms with Crippen molar-refractivity contribution in [2.24, 2.45) is 0 Å². The number of hydrogen-bond acceptors (Lipinski definition) is 3. The number of carbonyl (C=O) groups is 1. The van der Waals surface area contributed by atoms with Gasteiger partial charge in [0.2, 0.25) is 5.91 Å². The van der Waals surface area contributed by atoms with E-state index in [1.165, 1.54) is 6.08 Å². The van der Waals surface area contributed by atoms with Crippen LogP contribution >= 0.6 is 11.3 Å². The summed E-state index contributed by atoms with van der Waals surface area (Å²) >= 11 is 1.62. The lowest BCUT2D eigenvalue weighted by Gasteiger charge is -1.99. The van der Waals surface area contributed by atoms with Gasteiger partial charge in [-0.1, -0.05) is 12.1 Å². The van der Waals surface area contributed by atoms with Gasteiger partial charge in [0.25, 0.3) is 0 Å². The highest BCUT2D eigenvalue weighted by molar-refractivity contribution is 7.07. The second-order valence-corrected chi connectivity index (χ2v) is 4.63. The molecule has 0 saturated heterocycles. The second kappa shape index (κ2) is 6.02. The zero-order chi connectivity index (χ0) is 12.8. The molecule has 1 amide bonds. The molecule has 0 saturated carbocycles. The molecule has 0 radical (unpaired) electrons. The van der Waals surface area contributed by atoms with Gasteiger partial charge in [-0.25, -0.2) is 0 Å². The number of thiophene rings is 1. The Balaban J connectivity index is 1.85. The number of hydrogen-bond donors (Lipinski definition) is 2. The number of rotatable bonds is 4. The third-order valence-electron chi connectivity index (χ3n) is 2.41. The highest BCUT2D eigenvalue weighted by Crippen LogP contribution is 2.07. The third-order valence-corrected chi connectivity index (χ3v) is 3.14. The normalized spacial score (nSPS) is 10.7. The maximum absolute atomic E-state index is 11.6. The van der Waals surface area contributed by atoms with E-state index in [0.29, 0.717) is 12.2 Å². The third kappa shape index (κ3) is 3.75. The molecule has 0 aliphatic carbocycles. The van der Waals surface area contributed by atoms with Crippen LogP contribution < -0.4 is 11.1 Å². The van der Waals surface area contributed by atoms with Crippen molar-refractivity contribution in [2.45, 2.75) is 6.54 Å². The van der Waals surface area contributed by atoms with E-state index in [4.69, 9.17) is 5.73 Å². The molecule has 2 rings (SSSR count). The fourth-order valence-electron chi connectivity index (χ4n) is 1.42. The van der Waals surface area contributed by atoms with E-state index in [-0.39, 0.29) is 5.91 Å². The van der Waals surface area contributed by atoms with E-state index in [1.54, 1.807) is 17.4 Å². The van der Waals surface area contributed by atoms with Crippen LogP contribution in [0.1, 0.15) is 11.1 Å². The summed E-state index contributed by atoms with van der Waals surface area (Å²) in [6.45, 7) is 0.564. The van der Waals surface area contributed by atoms with Crippen LogP contribution in [0.25, 0.3) is 6.08 Å². The Morgan fingerprint density at radius 1 is 1.28 bits per heavy atom. The molecule has 4 heteroatoms. The smallest absolute Gasteiger partial charge is 0.244 e. The van der Waals surface area contributed by atoms with Crippen molar-refractivity contribution in [2.75, 3.05) is 5.73 Å². The van der Waals surface area contributed by atoms with E-state index in [9.17, 15) is 4.79 Å². The molecule has 0 unspecified atom stereocenters. The Morgan fingerprint density at radius 3 is 2.72 bits per heavy atom. The van der Waals surface area contributed by atoms with Gasteiger partial charge in [0, 0.05) is 18.3 Å². The molecule has 0 bridgehead atoms. The topological polar surface area (TPSA) is 55.1 Å². The zero-order valence-corrected chi connectivity index (χ0v) is 10.6. The maximum Gasteiger partial charge on any atom is 0.244 e. The van der Waals surface area contributed by atoms with Crippen molar-refractivity contribution in [3.05, 3.63) is 58.3 Å². The van der Waals surface area contributed by atoms with Crippen molar-refractivity contribution < 1.29 is 4.79 Å². The van der Waals surface area contributed by atoms with Gasteiger partial charge in [0.1, 0.15) is 0 Å². The molecule has 0 atom stereocenters. The fourth-order valence-corrected chi connectivity index (χ4v) is 2.09. The molecule has 3 nitrogen and oxygen atoms in total. The molecule has 2 aromatic rings. The molecule has 18 heavy (non-hydrogen) atoms. The number of nitrogens with one attached hydrogen (secondary N) is 1. The van der Waals surface area contributed by atoms with E-state index < -0.39 is 0 Å². The van der Waals surface area contributed by atoms with E-state index in [2.05, 4.69) is 5.32 Å². The number of carbonyl (C=O) groups excluding carboxylic acids is 1. The molecule has 1 aromatic heterocycles. The molecule has 3 N–H and O–H groups in total. The average Bonchev–Trinajstić information content (AvgIpc) is 2.89. The van der Waals surface area contributed by atoms with Crippen molar-refractivity contribution in [3.8, 4) is 0 Å².